The molecule has 3 amide bonds. The Morgan fingerprint density at radius 3 is 2.57 bits per heavy atom. The van der Waals surface area contributed by atoms with Crippen LogP contribution in [0.5, 0.6) is 17.4 Å². The number of benzene rings is 1. The minimum Gasteiger partial charge on any atom is -0.486 e. The monoisotopic (exact) mass is 705 g/mol. The normalized spacial score (nSPS) is 19.4. The number of methoxy groups -OCH3 is 1. The topological polar surface area (TPSA) is 160 Å². The minimum atomic E-state index is -0.670. The van der Waals surface area contributed by atoms with Gasteiger partial charge in [0.05, 0.1) is 25.9 Å². The number of carbonyl (C=O) groups is 3. The Balaban J connectivity index is 1.05. The molecule has 274 valence electrons. The van der Waals surface area contributed by atoms with E-state index in [9.17, 15) is 14.4 Å². The average molecular weight is 706 g/mol. The van der Waals surface area contributed by atoms with Crippen LogP contribution in [0.4, 0.5) is 22.0 Å². The maximum Gasteiger partial charge on any atom is 0.410 e. The zero-order chi connectivity index (χ0) is 36.1. The largest absolute Gasteiger partial charge is 0.486 e. The number of likely N-dealkylation sites (N-methyl/N-ethyl adjacent to an activating group) is 1. The fourth-order valence-corrected chi connectivity index (χ4v) is 6.13. The number of aromatic nitrogens is 1. The van der Waals surface area contributed by atoms with Gasteiger partial charge in [0.1, 0.15) is 35.5 Å². The lowest BCUT2D eigenvalue weighted by atomic mass is 10.2. The van der Waals surface area contributed by atoms with Crippen molar-refractivity contribution < 1.29 is 37.7 Å². The van der Waals surface area contributed by atoms with Gasteiger partial charge in [-0.05, 0) is 77.1 Å². The van der Waals surface area contributed by atoms with Crippen LogP contribution in [0.2, 0.25) is 0 Å². The van der Waals surface area contributed by atoms with Crippen LogP contribution in [0.25, 0.3) is 0 Å². The molecule has 51 heavy (non-hydrogen) atoms. The predicted octanol–water partition coefficient (Wildman–Crippen LogP) is 4.08. The summed E-state index contributed by atoms with van der Waals surface area (Å²) in [6.45, 7) is 10.9. The highest BCUT2D eigenvalue weighted by Gasteiger charge is 2.37. The number of nitrogens with zero attached hydrogens (tertiary/aromatic N) is 4. The number of anilines is 3. The molecular weight excluding hydrogens is 658 g/mol. The van der Waals surface area contributed by atoms with Gasteiger partial charge in [0.2, 0.25) is 11.8 Å². The van der Waals surface area contributed by atoms with Gasteiger partial charge in [-0.3, -0.25) is 19.4 Å². The van der Waals surface area contributed by atoms with Gasteiger partial charge in [-0.25, -0.2) is 4.79 Å². The molecule has 2 saturated heterocycles. The molecule has 3 aliphatic heterocycles. The lowest BCUT2D eigenvalue weighted by Crippen LogP contribution is -2.45. The number of amides is 3. The fraction of sp³-hybridized carbons (Fsp3) is 0.500. The molecule has 3 aliphatic rings. The first kappa shape index (κ1) is 35.8. The quantitative estimate of drug-likeness (QED) is 0.278. The van der Waals surface area contributed by atoms with E-state index >= 15 is 0 Å². The number of pyridine rings is 1. The average Bonchev–Trinajstić information content (AvgIpc) is 3.79. The van der Waals surface area contributed by atoms with Crippen molar-refractivity contribution in [1.29, 1.82) is 0 Å². The van der Waals surface area contributed by atoms with Gasteiger partial charge < -0.3 is 44.2 Å². The molecule has 3 aromatic rings. The molecule has 2 fully saturated rings. The number of piperazine rings is 1. The Kier molecular flexibility index (Phi) is 10.9. The SMILES string of the molecule is COc1nc(Nc2cccc3c2OC(CNC(=O)c2ccc(CN4CCN(C)CC4)o2)CO3)ccc1NC(=O)[C@H]1CCCN1C(=O)OC(C)(C)C. The first-order valence-corrected chi connectivity index (χ1v) is 17.3. The predicted molar refractivity (Wildman–Crippen MR) is 189 cm³/mol. The summed E-state index contributed by atoms with van der Waals surface area (Å²) in [6.07, 6.45) is 0.237. The zero-order valence-electron chi connectivity index (χ0n) is 29.8. The van der Waals surface area contributed by atoms with Crippen molar-refractivity contribution in [3.05, 3.63) is 54.0 Å². The molecule has 6 rings (SSSR count). The van der Waals surface area contributed by atoms with E-state index in [0.29, 0.717) is 54.6 Å². The van der Waals surface area contributed by atoms with Crippen molar-refractivity contribution in [2.45, 2.75) is 57.9 Å². The van der Waals surface area contributed by atoms with Crippen LogP contribution in [0.1, 0.15) is 49.9 Å². The van der Waals surface area contributed by atoms with Crippen molar-refractivity contribution >= 4 is 35.1 Å². The second-order valence-corrected chi connectivity index (χ2v) is 13.9. The highest BCUT2D eigenvalue weighted by atomic mass is 16.6. The Hall–Kier alpha value is -5.02. The number of hydrogen-bond donors (Lipinski definition) is 3. The van der Waals surface area contributed by atoms with Crippen molar-refractivity contribution in [3.8, 4) is 17.4 Å². The van der Waals surface area contributed by atoms with Crippen molar-refractivity contribution in [2.75, 3.05) is 70.7 Å². The highest BCUT2D eigenvalue weighted by Crippen LogP contribution is 2.40. The molecule has 5 heterocycles. The first-order chi connectivity index (χ1) is 24.5. The number of likely N-dealkylation sites (tertiary alicyclic amines) is 1. The van der Waals surface area contributed by atoms with Crippen molar-refractivity contribution in [3.63, 3.8) is 0 Å². The molecule has 3 N–H and O–H groups in total. The highest BCUT2D eigenvalue weighted by molar-refractivity contribution is 5.98. The van der Waals surface area contributed by atoms with Crippen LogP contribution >= 0.6 is 0 Å². The number of ether oxygens (including phenoxy) is 4. The van der Waals surface area contributed by atoms with Crippen LogP contribution < -0.4 is 30.2 Å². The van der Waals surface area contributed by atoms with E-state index in [2.05, 4.69) is 37.8 Å². The number of nitrogens with one attached hydrogen (secondary N) is 3. The molecule has 0 saturated carbocycles. The molecule has 2 aromatic heterocycles. The number of hydrogen-bond acceptors (Lipinski definition) is 12. The lowest BCUT2D eigenvalue weighted by Gasteiger charge is -2.31. The molecule has 0 spiro atoms. The number of para-hydroxylation sites is 1. The van der Waals surface area contributed by atoms with E-state index in [0.717, 1.165) is 31.9 Å². The summed E-state index contributed by atoms with van der Waals surface area (Å²) >= 11 is 0. The van der Waals surface area contributed by atoms with Gasteiger partial charge in [-0.1, -0.05) is 6.07 Å². The van der Waals surface area contributed by atoms with Crippen LogP contribution in [-0.4, -0.2) is 115 Å². The Labute approximate surface area is 297 Å². The van der Waals surface area contributed by atoms with Gasteiger partial charge in [0.15, 0.2) is 23.4 Å². The van der Waals surface area contributed by atoms with Crippen LogP contribution in [0, 0.1) is 0 Å². The van der Waals surface area contributed by atoms with E-state index in [4.69, 9.17) is 23.4 Å². The van der Waals surface area contributed by atoms with Crippen molar-refractivity contribution in [2.24, 2.45) is 0 Å². The van der Waals surface area contributed by atoms with Crippen LogP contribution in [0.15, 0.2) is 46.9 Å². The third-order valence-electron chi connectivity index (χ3n) is 8.80. The fourth-order valence-electron chi connectivity index (χ4n) is 6.13. The van der Waals surface area contributed by atoms with E-state index in [1.165, 1.54) is 12.0 Å². The maximum atomic E-state index is 13.3. The maximum absolute atomic E-state index is 13.3. The minimum absolute atomic E-state index is 0.183. The third-order valence-corrected chi connectivity index (χ3v) is 8.80. The molecule has 0 bridgehead atoms. The molecule has 2 atom stereocenters. The number of carbonyl (C=O) groups excluding carboxylic acids is 3. The molecule has 1 aromatic carbocycles. The Morgan fingerprint density at radius 2 is 1.80 bits per heavy atom. The second kappa shape index (κ2) is 15.5. The van der Waals surface area contributed by atoms with E-state index in [1.54, 1.807) is 45.0 Å². The van der Waals surface area contributed by atoms with Gasteiger partial charge in [0.25, 0.3) is 5.91 Å². The second-order valence-electron chi connectivity index (χ2n) is 13.9. The number of fused-ring (bicyclic) bond motifs is 1. The Morgan fingerprint density at radius 1 is 1.00 bits per heavy atom. The molecule has 0 radical (unpaired) electrons. The van der Waals surface area contributed by atoms with E-state index in [-0.39, 0.29) is 36.6 Å². The van der Waals surface area contributed by atoms with Crippen molar-refractivity contribution in [1.82, 2.24) is 25.0 Å². The summed E-state index contributed by atoms with van der Waals surface area (Å²) in [4.78, 5) is 49.5. The van der Waals surface area contributed by atoms with Gasteiger partial charge in [-0.2, -0.15) is 4.98 Å². The molecule has 15 nitrogen and oxygen atoms in total. The first-order valence-electron chi connectivity index (χ1n) is 17.3. The third kappa shape index (κ3) is 9.02. The summed E-state index contributed by atoms with van der Waals surface area (Å²) in [5.41, 5.74) is 0.282. The standard InChI is InChI=1S/C36H47N7O8/c1-36(2,3)51-35(46)43-15-7-9-27(43)32(44)39-26-12-14-30(40-34(26)47-5)38-25-8-6-10-28-31(25)50-24(22-48-28)20-37-33(45)29-13-11-23(49-29)21-42-18-16-41(4)17-19-42/h6,8,10-14,24,27H,7,9,15-22H2,1-5H3,(H,37,45)(H,38,40)(H,39,44)/t24?,27-/m1/s1. The summed E-state index contributed by atoms with van der Waals surface area (Å²) in [5, 5.41) is 9.01. The van der Waals surface area contributed by atoms with Gasteiger partial charge >= 0.3 is 6.09 Å². The lowest BCUT2D eigenvalue weighted by molar-refractivity contribution is -0.120. The smallest absolute Gasteiger partial charge is 0.410 e. The Bertz CT molecular complexity index is 1720. The van der Waals surface area contributed by atoms with Gasteiger partial charge in [-0.15, -0.1) is 0 Å². The van der Waals surface area contributed by atoms with E-state index < -0.39 is 23.8 Å². The molecule has 15 heteroatoms. The molecule has 1 unspecified atom stereocenters. The summed E-state index contributed by atoms with van der Waals surface area (Å²) in [7, 11) is 3.57. The van der Waals surface area contributed by atoms with Crippen LogP contribution in [-0.2, 0) is 16.1 Å². The number of rotatable bonds is 10. The summed E-state index contributed by atoms with van der Waals surface area (Å²) in [6, 6.07) is 11.7. The number of furan rings is 1. The van der Waals surface area contributed by atoms with Gasteiger partial charge in [0, 0.05) is 32.7 Å². The molecular formula is C36H47N7O8. The van der Waals surface area contributed by atoms with Crippen LogP contribution in [0.3, 0.4) is 0 Å². The van der Waals surface area contributed by atoms with E-state index in [1.807, 2.05) is 18.2 Å². The summed E-state index contributed by atoms with van der Waals surface area (Å²) in [5.74, 6) is 1.96. The summed E-state index contributed by atoms with van der Waals surface area (Å²) < 4.78 is 29.1. The molecule has 0 aliphatic carbocycles. The zero-order valence-corrected chi connectivity index (χ0v) is 29.8.